The molecule has 0 saturated heterocycles. The molecule has 2 aromatic heterocycles. The second kappa shape index (κ2) is 9.95. The Hall–Kier alpha value is -1.97. The Morgan fingerprint density at radius 1 is 1.12 bits per heavy atom. The van der Waals surface area contributed by atoms with Crippen LogP contribution in [-0.2, 0) is 7.05 Å². The lowest BCUT2D eigenvalue weighted by Gasteiger charge is -2.27. The molecule has 1 aliphatic carbocycles. The van der Waals surface area contributed by atoms with Gasteiger partial charge in [-0.15, -0.1) is 0 Å². The highest BCUT2D eigenvalue weighted by Crippen LogP contribution is 2.34. The van der Waals surface area contributed by atoms with Gasteiger partial charge < -0.3 is 15.6 Å². The molecule has 5 nitrogen and oxygen atoms in total. The maximum atomic E-state index is 13.5. The predicted octanol–water partition coefficient (Wildman–Crippen LogP) is 6.26. The lowest BCUT2D eigenvalue weighted by Crippen LogP contribution is -2.32. The van der Waals surface area contributed by atoms with Gasteiger partial charge in [0.05, 0.1) is 16.8 Å². The molecule has 176 valence electrons. The summed E-state index contributed by atoms with van der Waals surface area (Å²) < 4.78 is 4.21. The van der Waals surface area contributed by atoms with Crippen LogP contribution in [0.1, 0.15) is 36.0 Å². The topological polar surface area (TPSA) is 72.9 Å². The lowest BCUT2D eigenvalue weighted by atomic mass is 9.82. The van der Waals surface area contributed by atoms with Crippen LogP contribution in [0.3, 0.4) is 0 Å². The highest BCUT2D eigenvalue weighted by Gasteiger charge is 2.22. The maximum absolute atomic E-state index is 13.5. The smallest absolute Gasteiger partial charge is 0.252 e. The molecule has 1 amide bonds. The van der Waals surface area contributed by atoms with Crippen molar-refractivity contribution in [3.05, 3.63) is 62.3 Å². The van der Waals surface area contributed by atoms with E-state index in [9.17, 15) is 4.79 Å². The number of nitrogens with one attached hydrogen (secondary N) is 1. The van der Waals surface area contributed by atoms with Crippen molar-refractivity contribution in [2.24, 2.45) is 24.6 Å². The minimum Gasteiger partial charge on any atom is -0.352 e. The SMILES string of the molecule is Cn1cc(-c2cc(C(=O)NCC3CCC(CN)CC3)c3cc(I)ccc3n2)c2cc(Br)ccc21. The van der Waals surface area contributed by atoms with Gasteiger partial charge in [-0.2, -0.15) is 0 Å². The molecule has 0 radical (unpaired) electrons. The van der Waals surface area contributed by atoms with Gasteiger partial charge in [0.2, 0.25) is 0 Å². The van der Waals surface area contributed by atoms with Crippen LogP contribution in [0, 0.1) is 15.4 Å². The first-order chi connectivity index (χ1) is 16.4. The van der Waals surface area contributed by atoms with Gasteiger partial charge in [0.25, 0.3) is 5.91 Å². The summed E-state index contributed by atoms with van der Waals surface area (Å²) in [5.41, 5.74) is 10.3. The maximum Gasteiger partial charge on any atom is 0.252 e. The quantitative estimate of drug-likeness (QED) is 0.256. The summed E-state index contributed by atoms with van der Waals surface area (Å²) in [6.45, 7) is 1.48. The number of halogens is 2. The molecule has 0 bridgehead atoms. The van der Waals surface area contributed by atoms with Crippen molar-refractivity contribution >= 4 is 66.2 Å². The van der Waals surface area contributed by atoms with Crippen molar-refractivity contribution in [2.45, 2.75) is 25.7 Å². The molecule has 5 rings (SSSR count). The molecule has 0 unspecified atom stereocenters. The molecule has 1 aliphatic rings. The summed E-state index contributed by atoms with van der Waals surface area (Å²) in [5, 5.41) is 5.23. The zero-order valence-electron chi connectivity index (χ0n) is 19.2. The molecule has 34 heavy (non-hydrogen) atoms. The summed E-state index contributed by atoms with van der Waals surface area (Å²) in [5.74, 6) is 1.13. The Kier molecular flexibility index (Phi) is 6.95. The van der Waals surface area contributed by atoms with Gasteiger partial charge in [-0.05, 0) is 109 Å². The third kappa shape index (κ3) is 4.75. The van der Waals surface area contributed by atoms with Crippen molar-refractivity contribution in [1.29, 1.82) is 0 Å². The van der Waals surface area contributed by atoms with Gasteiger partial charge >= 0.3 is 0 Å². The van der Waals surface area contributed by atoms with Crippen LogP contribution in [0.15, 0.2) is 53.1 Å². The van der Waals surface area contributed by atoms with Crippen LogP contribution in [0.4, 0.5) is 0 Å². The summed E-state index contributed by atoms with van der Waals surface area (Å²) in [6.07, 6.45) is 6.68. The van der Waals surface area contributed by atoms with Crippen molar-refractivity contribution in [2.75, 3.05) is 13.1 Å². The molecule has 3 N–H and O–H groups in total. The Morgan fingerprint density at radius 2 is 1.88 bits per heavy atom. The fraction of sp³-hybridized carbons (Fsp3) is 0.333. The number of fused-ring (bicyclic) bond motifs is 2. The number of pyridine rings is 1. The summed E-state index contributed by atoms with van der Waals surface area (Å²) in [6, 6.07) is 14.3. The average Bonchev–Trinajstić information content (AvgIpc) is 3.17. The number of aromatic nitrogens is 2. The number of hydrogen-bond acceptors (Lipinski definition) is 3. The number of amides is 1. The average molecular weight is 631 g/mol. The van der Waals surface area contributed by atoms with Crippen LogP contribution < -0.4 is 11.1 Å². The van der Waals surface area contributed by atoms with E-state index in [-0.39, 0.29) is 5.91 Å². The van der Waals surface area contributed by atoms with Gasteiger partial charge in [-0.3, -0.25) is 4.79 Å². The molecule has 0 atom stereocenters. The van der Waals surface area contributed by atoms with E-state index in [4.69, 9.17) is 10.7 Å². The zero-order valence-corrected chi connectivity index (χ0v) is 22.9. The summed E-state index contributed by atoms with van der Waals surface area (Å²) >= 11 is 5.89. The van der Waals surface area contributed by atoms with Crippen LogP contribution >= 0.6 is 38.5 Å². The molecule has 1 saturated carbocycles. The highest BCUT2D eigenvalue weighted by molar-refractivity contribution is 14.1. The highest BCUT2D eigenvalue weighted by atomic mass is 127. The standard InChI is InChI=1S/C27H28BrIN4O/c1-33-15-23(21-10-18(28)6-9-26(21)33)25-12-22(20-11-19(29)7-8-24(20)32-25)27(34)31-14-17-4-2-16(13-30)3-5-17/h6-12,15-17H,2-5,13-14,30H2,1H3,(H,31,34). The number of benzene rings is 2. The van der Waals surface area contributed by atoms with Gasteiger partial charge in [-0.25, -0.2) is 4.98 Å². The number of nitrogens with two attached hydrogens (primary N) is 1. The molecule has 1 fully saturated rings. The van der Waals surface area contributed by atoms with E-state index in [2.05, 4.69) is 66.7 Å². The van der Waals surface area contributed by atoms with Crippen molar-refractivity contribution in [1.82, 2.24) is 14.9 Å². The minimum atomic E-state index is -0.0296. The van der Waals surface area contributed by atoms with E-state index in [0.29, 0.717) is 23.9 Å². The first kappa shape index (κ1) is 23.8. The normalized spacial score (nSPS) is 18.5. The van der Waals surface area contributed by atoms with Crippen LogP contribution in [0.2, 0.25) is 0 Å². The Bertz CT molecular complexity index is 1370. The summed E-state index contributed by atoms with van der Waals surface area (Å²) in [7, 11) is 2.04. The van der Waals surface area contributed by atoms with Gasteiger partial charge in [-0.1, -0.05) is 15.9 Å². The van der Waals surface area contributed by atoms with Gasteiger partial charge in [0.15, 0.2) is 0 Å². The van der Waals surface area contributed by atoms with Crippen LogP contribution in [-0.4, -0.2) is 28.5 Å². The lowest BCUT2D eigenvalue weighted by molar-refractivity contribution is 0.0943. The Labute approximate surface area is 221 Å². The number of carbonyl (C=O) groups is 1. The van der Waals surface area contributed by atoms with E-state index in [0.717, 1.165) is 73.3 Å². The van der Waals surface area contributed by atoms with Gasteiger partial charge in [0.1, 0.15) is 0 Å². The molecule has 7 heteroatoms. The molecule has 0 aliphatic heterocycles. The van der Waals surface area contributed by atoms with E-state index in [1.807, 2.05) is 37.4 Å². The largest absolute Gasteiger partial charge is 0.352 e. The predicted molar refractivity (Wildman–Crippen MR) is 151 cm³/mol. The third-order valence-corrected chi connectivity index (χ3v) is 8.26. The third-order valence-electron chi connectivity index (χ3n) is 7.09. The molecule has 4 aromatic rings. The van der Waals surface area contributed by atoms with Crippen LogP contribution in [0.5, 0.6) is 0 Å². The van der Waals surface area contributed by atoms with E-state index in [1.54, 1.807) is 0 Å². The number of nitrogens with zero attached hydrogens (tertiary/aromatic N) is 2. The van der Waals surface area contributed by atoms with Crippen molar-refractivity contribution in [3.8, 4) is 11.3 Å². The fourth-order valence-electron chi connectivity index (χ4n) is 5.10. The molecule has 0 spiro atoms. The van der Waals surface area contributed by atoms with E-state index in [1.165, 1.54) is 0 Å². The zero-order chi connectivity index (χ0) is 23.8. The van der Waals surface area contributed by atoms with E-state index >= 15 is 0 Å². The first-order valence-corrected chi connectivity index (χ1v) is 13.6. The van der Waals surface area contributed by atoms with Crippen molar-refractivity contribution < 1.29 is 4.79 Å². The van der Waals surface area contributed by atoms with Crippen LogP contribution in [0.25, 0.3) is 33.1 Å². The second-order valence-corrected chi connectivity index (χ2v) is 11.5. The number of carbonyl (C=O) groups excluding carboxylic acids is 1. The number of rotatable bonds is 5. The summed E-state index contributed by atoms with van der Waals surface area (Å²) in [4.78, 5) is 18.4. The number of aryl methyl sites for hydroxylation is 1. The fourth-order valence-corrected chi connectivity index (χ4v) is 5.95. The second-order valence-electron chi connectivity index (χ2n) is 9.36. The number of hydrogen-bond donors (Lipinski definition) is 2. The monoisotopic (exact) mass is 630 g/mol. The minimum absolute atomic E-state index is 0.0296. The van der Waals surface area contributed by atoms with E-state index < -0.39 is 0 Å². The molecular weight excluding hydrogens is 603 g/mol. The molecule has 2 aromatic carbocycles. The first-order valence-electron chi connectivity index (χ1n) is 11.8. The molecule has 2 heterocycles. The van der Waals surface area contributed by atoms with Gasteiger partial charge in [0, 0.05) is 49.7 Å². The Balaban J connectivity index is 1.51. The molecular formula is C27H28BrIN4O. The Morgan fingerprint density at radius 3 is 2.65 bits per heavy atom. The van der Waals surface area contributed by atoms with Crippen molar-refractivity contribution in [3.63, 3.8) is 0 Å².